The van der Waals surface area contributed by atoms with Crippen molar-refractivity contribution in [2.24, 2.45) is 11.3 Å². The van der Waals surface area contributed by atoms with Crippen LogP contribution in [-0.2, 0) is 19.1 Å². The van der Waals surface area contributed by atoms with Gasteiger partial charge in [0.15, 0.2) is 0 Å². The van der Waals surface area contributed by atoms with E-state index in [2.05, 4.69) is 0 Å². The van der Waals surface area contributed by atoms with Gasteiger partial charge in [-0.1, -0.05) is 19.3 Å². The maximum atomic E-state index is 11.7. The van der Waals surface area contributed by atoms with E-state index in [0.717, 1.165) is 12.8 Å². The molecule has 0 aromatic heterocycles. The Bertz CT molecular complexity index is 337. The average Bonchev–Trinajstić information content (AvgIpc) is 2.38. The molecule has 4 heteroatoms. The minimum Gasteiger partial charge on any atom is -0.466 e. The molecule has 1 atom stereocenters. The zero-order valence-electron chi connectivity index (χ0n) is 13.9. The monoisotopic (exact) mass is 298 g/mol. The first kappa shape index (κ1) is 18.0. The van der Waals surface area contributed by atoms with Crippen LogP contribution in [0.3, 0.4) is 0 Å². The summed E-state index contributed by atoms with van der Waals surface area (Å²) in [4.78, 5) is 23.4. The molecule has 0 saturated heterocycles. The molecule has 1 rings (SSSR count). The van der Waals surface area contributed by atoms with Crippen LogP contribution < -0.4 is 0 Å². The van der Waals surface area contributed by atoms with E-state index < -0.39 is 5.41 Å². The van der Waals surface area contributed by atoms with E-state index >= 15 is 0 Å². The summed E-state index contributed by atoms with van der Waals surface area (Å²) >= 11 is 0. The highest BCUT2D eigenvalue weighted by Gasteiger charge is 2.25. The van der Waals surface area contributed by atoms with Crippen LogP contribution in [0.2, 0.25) is 0 Å². The molecule has 0 radical (unpaired) electrons. The zero-order chi connectivity index (χ0) is 15.9. The minimum absolute atomic E-state index is 0.115. The summed E-state index contributed by atoms with van der Waals surface area (Å²) in [7, 11) is 0. The largest absolute Gasteiger partial charge is 0.466 e. The molecular formula is C17H30O4. The molecule has 122 valence electrons. The van der Waals surface area contributed by atoms with Gasteiger partial charge in [0.1, 0.15) is 6.10 Å². The van der Waals surface area contributed by atoms with Gasteiger partial charge in [0.05, 0.1) is 12.0 Å². The van der Waals surface area contributed by atoms with Crippen LogP contribution in [0.1, 0.15) is 72.6 Å². The van der Waals surface area contributed by atoms with E-state index in [4.69, 9.17) is 9.47 Å². The number of esters is 2. The second kappa shape index (κ2) is 8.40. The summed E-state index contributed by atoms with van der Waals surface area (Å²) in [5.74, 6) is 0.169. The summed E-state index contributed by atoms with van der Waals surface area (Å²) in [6, 6.07) is 0. The van der Waals surface area contributed by atoms with Crippen molar-refractivity contribution in [3.05, 3.63) is 0 Å². The van der Waals surface area contributed by atoms with E-state index in [-0.39, 0.29) is 18.0 Å². The molecule has 1 saturated carbocycles. The first-order chi connectivity index (χ1) is 9.79. The van der Waals surface area contributed by atoms with Gasteiger partial charge in [-0.2, -0.15) is 0 Å². The predicted octanol–water partition coefficient (Wildman–Crippen LogP) is 3.87. The fraction of sp³-hybridized carbons (Fsp3) is 0.882. The Morgan fingerprint density at radius 2 is 1.76 bits per heavy atom. The van der Waals surface area contributed by atoms with E-state index in [0.29, 0.717) is 25.4 Å². The number of rotatable bonds is 6. The fourth-order valence-electron chi connectivity index (χ4n) is 2.44. The number of hydrogen-bond acceptors (Lipinski definition) is 4. The summed E-state index contributed by atoms with van der Waals surface area (Å²) in [6.45, 7) is 7.63. The van der Waals surface area contributed by atoms with Crippen LogP contribution in [0.5, 0.6) is 0 Å². The van der Waals surface area contributed by atoms with Crippen molar-refractivity contribution in [1.82, 2.24) is 0 Å². The highest BCUT2D eigenvalue weighted by molar-refractivity contribution is 5.75. The van der Waals surface area contributed by atoms with Crippen molar-refractivity contribution in [2.75, 3.05) is 6.61 Å². The molecule has 21 heavy (non-hydrogen) atoms. The van der Waals surface area contributed by atoms with Crippen LogP contribution in [0.4, 0.5) is 0 Å². The van der Waals surface area contributed by atoms with E-state index in [1.165, 1.54) is 19.3 Å². The summed E-state index contributed by atoms with van der Waals surface area (Å²) in [5, 5.41) is 0. The van der Waals surface area contributed by atoms with Gasteiger partial charge in [-0.25, -0.2) is 0 Å². The molecule has 0 aromatic rings. The van der Waals surface area contributed by atoms with Crippen LogP contribution in [0, 0.1) is 11.3 Å². The first-order valence-electron chi connectivity index (χ1n) is 8.15. The molecule has 1 aliphatic carbocycles. The third-order valence-corrected chi connectivity index (χ3v) is 3.89. The Morgan fingerprint density at radius 1 is 1.14 bits per heavy atom. The molecular weight excluding hydrogens is 268 g/mol. The lowest BCUT2D eigenvalue weighted by Crippen LogP contribution is -2.27. The van der Waals surface area contributed by atoms with E-state index in [1.807, 2.05) is 27.7 Å². The standard InChI is InChI=1S/C17H30O4/c1-13(21-16(19)17(2,3)4)10-11-20-15(18)12-14-8-6-5-7-9-14/h13-14H,5-12H2,1-4H3. The quantitative estimate of drug-likeness (QED) is 0.699. The maximum Gasteiger partial charge on any atom is 0.311 e. The van der Waals surface area contributed by atoms with Gasteiger partial charge in [-0.15, -0.1) is 0 Å². The topological polar surface area (TPSA) is 52.6 Å². The van der Waals surface area contributed by atoms with Crippen LogP contribution in [0.15, 0.2) is 0 Å². The molecule has 0 heterocycles. The van der Waals surface area contributed by atoms with Gasteiger partial charge in [-0.3, -0.25) is 9.59 Å². The number of carbonyl (C=O) groups excluding carboxylic acids is 2. The maximum absolute atomic E-state index is 11.7. The van der Waals surface area contributed by atoms with Crippen molar-refractivity contribution >= 4 is 11.9 Å². The van der Waals surface area contributed by atoms with Crippen molar-refractivity contribution in [1.29, 1.82) is 0 Å². The zero-order valence-corrected chi connectivity index (χ0v) is 13.9. The smallest absolute Gasteiger partial charge is 0.311 e. The van der Waals surface area contributed by atoms with Gasteiger partial charge in [0.2, 0.25) is 0 Å². The summed E-state index contributed by atoms with van der Waals surface area (Å²) < 4.78 is 10.6. The molecule has 0 aliphatic heterocycles. The Morgan fingerprint density at radius 3 is 2.33 bits per heavy atom. The third-order valence-electron chi connectivity index (χ3n) is 3.89. The Kier molecular flexibility index (Phi) is 7.20. The first-order valence-corrected chi connectivity index (χ1v) is 8.15. The summed E-state index contributed by atoms with van der Waals surface area (Å²) in [5.41, 5.74) is -0.494. The molecule has 0 spiro atoms. The van der Waals surface area contributed by atoms with Gasteiger partial charge >= 0.3 is 11.9 Å². The molecule has 0 aromatic carbocycles. The predicted molar refractivity (Wildman–Crippen MR) is 81.8 cm³/mol. The number of carbonyl (C=O) groups is 2. The lowest BCUT2D eigenvalue weighted by Gasteiger charge is -2.22. The Hall–Kier alpha value is -1.06. The highest BCUT2D eigenvalue weighted by atomic mass is 16.6. The molecule has 1 unspecified atom stereocenters. The molecule has 0 bridgehead atoms. The second-order valence-corrected chi connectivity index (χ2v) is 7.18. The van der Waals surface area contributed by atoms with Crippen molar-refractivity contribution in [2.45, 2.75) is 78.7 Å². The molecule has 4 nitrogen and oxygen atoms in total. The van der Waals surface area contributed by atoms with E-state index in [1.54, 1.807) is 0 Å². The Balaban J connectivity index is 2.14. The fourth-order valence-corrected chi connectivity index (χ4v) is 2.44. The van der Waals surface area contributed by atoms with Crippen molar-refractivity contribution in [3.8, 4) is 0 Å². The SMILES string of the molecule is CC(CCOC(=O)CC1CCCCC1)OC(=O)C(C)(C)C. The molecule has 0 N–H and O–H groups in total. The van der Waals surface area contributed by atoms with Gasteiger partial charge < -0.3 is 9.47 Å². The number of hydrogen-bond donors (Lipinski definition) is 0. The second-order valence-electron chi connectivity index (χ2n) is 7.18. The number of ether oxygens (including phenoxy) is 2. The van der Waals surface area contributed by atoms with Gasteiger partial charge in [-0.05, 0) is 46.5 Å². The van der Waals surface area contributed by atoms with Crippen LogP contribution in [0.25, 0.3) is 0 Å². The minimum atomic E-state index is -0.494. The van der Waals surface area contributed by atoms with Crippen LogP contribution >= 0.6 is 0 Å². The van der Waals surface area contributed by atoms with Gasteiger partial charge in [0.25, 0.3) is 0 Å². The lowest BCUT2D eigenvalue weighted by atomic mass is 9.87. The lowest BCUT2D eigenvalue weighted by molar-refractivity contribution is -0.159. The highest BCUT2D eigenvalue weighted by Crippen LogP contribution is 2.26. The van der Waals surface area contributed by atoms with E-state index in [9.17, 15) is 9.59 Å². The third kappa shape index (κ3) is 7.49. The molecule has 1 fully saturated rings. The Labute approximate surface area is 128 Å². The summed E-state index contributed by atoms with van der Waals surface area (Å²) in [6.07, 6.45) is 6.93. The van der Waals surface area contributed by atoms with Gasteiger partial charge in [0, 0.05) is 12.8 Å². The van der Waals surface area contributed by atoms with Crippen molar-refractivity contribution in [3.63, 3.8) is 0 Å². The molecule has 0 amide bonds. The van der Waals surface area contributed by atoms with Crippen LogP contribution in [-0.4, -0.2) is 24.6 Å². The molecule has 1 aliphatic rings. The van der Waals surface area contributed by atoms with Crippen molar-refractivity contribution < 1.29 is 19.1 Å². The normalized spacial score (nSPS) is 18.1. The average molecular weight is 298 g/mol.